The molecule has 0 saturated heterocycles. The summed E-state index contributed by atoms with van der Waals surface area (Å²) in [4.78, 5) is 12.4. The van der Waals surface area contributed by atoms with E-state index in [4.69, 9.17) is 0 Å². The quantitative estimate of drug-likeness (QED) is 0.480. The van der Waals surface area contributed by atoms with Gasteiger partial charge in [0, 0.05) is 30.5 Å². The van der Waals surface area contributed by atoms with Gasteiger partial charge in [0.1, 0.15) is 11.4 Å². The zero-order chi connectivity index (χ0) is 22.6. The summed E-state index contributed by atoms with van der Waals surface area (Å²) in [6, 6.07) is 13.5. The van der Waals surface area contributed by atoms with Crippen molar-refractivity contribution in [2.45, 2.75) is 51.4 Å². The predicted octanol–water partition coefficient (Wildman–Crippen LogP) is 6.16. The van der Waals surface area contributed by atoms with Crippen LogP contribution in [0.4, 0.5) is 24.9 Å². The predicted molar refractivity (Wildman–Crippen MR) is 119 cm³/mol. The molecule has 168 valence electrons. The van der Waals surface area contributed by atoms with Gasteiger partial charge in [-0.15, -0.1) is 0 Å². The standard InChI is InChI=1S/C24H26F3N5/c1-16-6-2-3-7-20(16)31-22-19(24(25,26)27)15-30-23(32-22)29-14-17-9-11-18(12-10-17)21-8-4-5-13-28-21/h4-5,8-13,15-16,20H,2-3,6-7,14H2,1H3,(H2,29,30,31,32)/t16-,20-/m1/s1. The number of anilines is 2. The molecule has 1 saturated carbocycles. The number of halogens is 3. The highest BCUT2D eigenvalue weighted by Crippen LogP contribution is 2.36. The zero-order valence-corrected chi connectivity index (χ0v) is 17.9. The highest BCUT2D eigenvalue weighted by atomic mass is 19.4. The lowest BCUT2D eigenvalue weighted by molar-refractivity contribution is -0.137. The number of aromatic nitrogens is 3. The van der Waals surface area contributed by atoms with E-state index < -0.39 is 11.7 Å². The van der Waals surface area contributed by atoms with Crippen LogP contribution in [0.15, 0.2) is 54.9 Å². The van der Waals surface area contributed by atoms with Crippen molar-refractivity contribution in [3.8, 4) is 11.3 Å². The van der Waals surface area contributed by atoms with Crippen molar-refractivity contribution in [2.24, 2.45) is 5.92 Å². The number of nitrogens with zero attached hydrogens (tertiary/aromatic N) is 3. The SMILES string of the molecule is C[C@@H]1CCCC[C@H]1Nc1nc(NCc2ccc(-c3ccccn3)cc2)ncc1C(F)(F)F. The van der Waals surface area contributed by atoms with Crippen molar-refractivity contribution in [2.75, 3.05) is 10.6 Å². The fourth-order valence-corrected chi connectivity index (χ4v) is 4.00. The molecule has 0 bridgehead atoms. The summed E-state index contributed by atoms with van der Waals surface area (Å²) in [5.74, 6) is 0.311. The third kappa shape index (κ3) is 5.36. The van der Waals surface area contributed by atoms with E-state index in [0.717, 1.165) is 48.7 Å². The van der Waals surface area contributed by atoms with Gasteiger partial charge in [0.2, 0.25) is 5.95 Å². The first-order valence-corrected chi connectivity index (χ1v) is 10.8. The lowest BCUT2D eigenvalue weighted by atomic mass is 9.86. The number of pyridine rings is 1. The average Bonchev–Trinajstić information content (AvgIpc) is 2.79. The lowest BCUT2D eigenvalue weighted by Crippen LogP contribution is -2.32. The molecule has 0 amide bonds. The lowest BCUT2D eigenvalue weighted by Gasteiger charge is -2.30. The molecule has 5 nitrogen and oxygen atoms in total. The van der Waals surface area contributed by atoms with E-state index in [1.54, 1.807) is 6.20 Å². The molecular weight excluding hydrogens is 415 g/mol. The van der Waals surface area contributed by atoms with Crippen LogP contribution in [0.3, 0.4) is 0 Å². The fourth-order valence-electron chi connectivity index (χ4n) is 4.00. The highest BCUT2D eigenvalue weighted by Gasteiger charge is 2.36. The first-order chi connectivity index (χ1) is 15.4. The maximum absolute atomic E-state index is 13.5. The molecule has 0 unspecified atom stereocenters. The minimum atomic E-state index is -4.51. The summed E-state index contributed by atoms with van der Waals surface area (Å²) in [6.07, 6.45) is 2.05. The third-order valence-electron chi connectivity index (χ3n) is 5.89. The molecule has 2 atom stereocenters. The Kier molecular flexibility index (Phi) is 6.58. The molecule has 2 N–H and O–H groups in total. The smallest absolute Gasteiger partial charge is 0.366 e. The van der Waals surface area contributed by atoms with E-state index in [2.05, 4.69) is 32.5 Å². The fraction of sp³-hybridized carbons (Fsp3) is 0.375. The number of benzene rings is 1. The Hall–Kier alpha value is -3.16. The normalized spacial score (nSPS) is 18.9. The first kappa shape index (κ1) is 22.0. The molecular formula is C24H26F3N5. The first-order valence-electron chi connectivity index (χ1n) is 10.8. The minimum Gasteiger partial charge on any atom is -0.366 e. The molecule has 3 aromatic rings. The van der Waals surface area contributed by atoms with Gasteiger partial charge < -0.3 is 10.6 Å². The van der Waals surface area contributed by atoms with Gasteiger partial charge in [-0.2, -0.15) is 18.2 Å². The van der Waals surface area contributed by atoms with E-state index in [1.165, 1.54) is 0 Å². The highest BCUT2D eigenvalue weighted by molar-refractivity contribution is 5.59. The number of alkyl halides is 3. The molecule has 1 fully saturated rings. The van der Waals surface area contributed by atoms with E-state index in [-0.39, 0.29) is 17.8 Å². The summed E-state index contributed by atoms with van der Waals surface area (Å²) in [6.45, 7) is 2.46. The Morgan fingerprint density at radius 3 is 2.47 bits per heavy atom. The summed E-state index contributed by atoms with van der Waals surface area (Å²) >= 11 is 0. The van der Waals surface area contributed by atoms with Gasteiger partial charge in [-0.05, 0) is 36.5 Å². The molecule has 32 heavy (non-hydrogen) atoms. The van der Waals surface area contributed by atoms with Crippen LogP contribution in [0.2, 0.25) is 0 Å². The molecule has 0 spiro atoms. The van der Waals surface area contributed by atoms with Crippen molar-refractivity contribution in [3.05, 3.63) is 66.0 Å². The van der Waals surface area contributed by atoms with Crippen LogP contribution in [0, 0.1) is 5.92 Å². The Morgan fingerprint density at radius 1 is 1.00 bits per heavy atom. The molecule has 8 heteroatoms. The van der Waals surface area contributed by atoms with Gasteiger partial charge in [0.15, 0.2) is 0 Å². The summed E-state index contributed by atoms with van der Waals surface area (Å²) in [7, 11) is 0. The summed E-state index contributed by atoms with van der Waals surface area (Å²) < 4.78 is 40.5. The van der Waals surface area contributed by atoms with Crippen LogP contribution < -0.4 is 10.6 Å². The Balaban J connectivity index is 1.47. The molecule has 2 aromatic heterocycles. The second kappa shape index (κ2) is 9.54. The molecule has 4 rings (SSSR count). The molecule has 1 aliphatic carbocycles. The molecule has 0 radical (unpaired) electrons. The van der Waals surface area contributed by atoms with Crippen molar-refractivity contribution >= 4 is 11.8 Å². The second-order valence-corrected chi connectivity index (χ2v) is 8.23. The van der Waals surface area contributed by atoms with Crippen LogP contribution in [0.5, 0.6) is 0 Å². The molecule has 1 aliphatic rings. The maximum atomic E-state index is 13.5. The van der Waals surface area contributed by atoms with Crippen molar-refractivity contribution < 1.29 is 13.2 Å². The van der Waals surface area contributed by atoms with Gasteiger partial charge in [0.25, 0.3) is 0 Å². The third-order valence-corrected chi connectivity index (χ3v) is 5.89. The van der Waals surface area contributed by atoms with Gasteiger partial charge in [0.05, 0.1) is 5.69 Å². The summed E-state index contributed by atoms with van der Waals surface area (Å²) in [5, 5.41) is 6.09. The van der Waals surface area contributed by atoms with Crippen LogP contribution in [0.1, 0.15) is 43.7 Å². The van der Waals surface area contributed by atoms with E-state index >= 15 is 0 Å². The van der Waals surface area contributed by atoms with Crippen LogP contribution >= 0.6 is 0 Å². The Bertz CT molecular complexity index is 1020. The largest absolute Gasteiger partial charge is 0.421 e. The Morgan fingerprint density at radius 2 is 1.78 bits per heavy atom. The van der Waals surface area contributed by atoms with Gasteiger partial charge in [-0.25, -0.2) is 4.98 Å². The topological polar surface area (TPSA) is 62.7 Å². The van der Waals surface area contributed by atoms with E-state index in [1.807, 2.05) is 42.5 Å². The van der Waals surface area contributed by atoms with Crippen LogP contribution in [-0.4, -0.2) is 21.0 Å². The van der Waals surface area contributed by atoms with E-state index in [9.17, 15) is 13.2 Å². The van der Waals surface area contributed by atoms with Crippen LogP contribution in [0.25, 0.3) is 11.3 Å². The van der Waals surface area contributed by atoms with Crippen molar-refractivity contribution in [1.82, 2.24) is 15.0 Å². The maximum Gasteiger partial charge on any atom is 0.421 e. The number of hydrogen-bond donors (Lipinski definition) is 2. The summed E-state index contributed by atoms with van der Waals surface area (Å²) in [5.41, 5.74) is 2.00. The van der Waals surface area contributed by atoms with Crippen molar-refractivity contribution in [3.63, 3.8) is 0 Å². The molecule has 2 heterocycles. The molecule has 0 aliphatic heterocycles. The van der Waals surface area contributed by atoms with Gasteiger partial charge in [-0.1, -0.05) is 50.1 Å². The van der Waals surface area contributed by atoms with Gasteiger partial charge >= 0.3 is 6.18 Å². The molecule has 1 aromatic carbocycles. The van der Waals surface area contributed by atoms with Gasteiger partial charge in [-0.3, -0.25) is 4.98 Å². The second-order valence-electron chi connectivity index (χ2n) is 8.23. The Labute approximate surface area is 185 Å². The van der Waals surface area contributed by atoms with Crippen molar-refractivity contribution in [1.29, 1.82) is 0 Å². The monoisotopic (exact) mass is 441 g/mol. The number of nitrogens with one attached hydrogen (secondary N) is 2. The zero-order valence-electron chi connectivity index (χ0n) is 17.9. The number of rotatable bonds is 6. The van der Waals surface area contributed by atoms with E-state index in [0.29, 0.717) is 12.5 Å². The minimum absolute atomic E-state index is 0.0215. The average molecular weight is 442 g/mol. The van der Waals surface area contributed by atoms with Crippen LogP contribution in [-0.2, 0) is 12.7 Å². The number of hydrogen-bond acceptors (Lipinski definition) is 5.